The minimum Gasteiger partial charge on any atom is -0.463 e. The van der Waals surface area contributed by atoms with E-state index in [0.29, 0.717) is 12.6 Å². The quantitative estimate of drug-likeness (QED) is 0.789. The van der Waals surface area contributed by atoms with Gasteiger partial charge in [0.1, 0.15) is 6.61 Å². The third-order valence-electron chi connectivity index (χ3n) is 3.71. The highest BCUT2D eigenvalue weighted by Crippen LogP contribution is 2.27. The number of ether oxygens (including phenoxy) is 1. The third-order valence-corrected chi connectivity index (χ3v) is 3.71. The zero-order valence-electron chi connectivity index (χ0n) is 12.5. The maximum Gasteiger partial charge on any atom is 0.296 e. The molecule has 110 valence electrons. The molecule has 4 heteroatoms. The molecular weight excluding hydrogens is 262 g/mol. The van der Waals surface area contributed by atoms with Crippen molar-refractivity contribution in [3.05, 3.63) is 42.2 Å². The van der Waals surface area contributed by atoms with Crippen LogP contribution in [0.3, 0.4) is 0 Å². The summed E-state index contributed by atoms with van der Waals surface area (Å²) >= 11 is 0. The molecule has 0 aromatic heterocycles. The minimum absolute atomic E-state index is 0.659. The van der Waals surface area contributed by atoms with Crippen LogP contribution in [0.15, 0.2) is 46.7 Å². The van der Waals surface area contributed by atoms with Crippen molar-refractivity contribution in [3.8, 4) is 0 Å². The Hall–Kier alpha value is -2.10. The van der Waals surface area contributed by atoms with E-state index in [9.17, 15) is 0 Å². The van der Waals surface area contributed by atoms with Crippen LogP contribution in [0.2, 0.25) is 0 Å². The number of benzene rings is 1. The van der Waals surface area contributed by atoms with Crippen molar-refractivity contribution in [2.75, 3.05) is 18.1 Å². The van der Waals surface area contributed by atoms with Crippen LogP contribution >= 0.6 is 0 Å². The van der Waals surface area contributed by atoms with Crippen LogP contribution in [0, 0.1) is 0 Å². The minimum atomic E-state index is 0.659. The van der Waals surface area contributed by atoms with Gasteiger partial charge in [-0.3, -0.25) is 9.89 Å². The van der Waals surface area contributed by atoms with E-state index < -0.39 is 0 Å². The average Bonchev–Trinajstić information content (AvgIpc) is 2.98. The van der Waals surface area contributed by atoms with Gasteiger partial charge in [-0.1, -0.05) is 38.0 Å². The lowest BCUT2D eigenvalue weighted by molar-refractivity contribution is 0.341. The number of hydrogen-bond donors (Lipinski definition) is 0. The second kappa shape index (κ2) is 6.57. The Balaban J connectivity index is 1.90. The first-order chi connectivity index (χ1) is 10.4. The predicted octanol–water partition coefficient (Wildman–Crippen LogP) is 3.73. The van der Waals surface area contributed by atoms with Gasteiger partial charge in [0.15, 0.2) is 0 Å². The van der Waals surface area contributed by atoms with E-state index in [1.807, 2.05) is 23.4 Å². The summed E-state index contributed by atoms with van der Waals surface area (Å²) in [5.41, 5.74) is 3.43. The fourth-order valence-corrected chi connectivity index (χ4v) is 2.65. The highest BCUT2D eigenvalue weighted by Gasteiger charge is 2.22. The molecule has 2 aliphatic rings. The molecule has 1 aromatic rings. The molecule has 0 aliphatic carbocycles. The summed E-state index contributed by atoms with van der Waals surface area (Å²) in [6.07, 6.45) is 8.44. The first-order valence-electron chi connectivity index (χ1n) is 7.69. The molecule has 0 saturated heterocycles. The SMILES string of the molecule is CCCCCC1=NC=CN(C2=NCCO2)c2ccccc21. The standard InChI is InChI=1S/C17H21N3O/c1-2-3-4-8-15-14-7-5-6-9-16(14)20(12-10-18-15)17-19-11-13-21-17/h5-7,9-10,12H,2-4,8,11,13H2,1H3. The highest BCUT2D eigenvalue weighted by molar-refractivity contribution is 6.09. The summed E-state index contributed by atoms with van der Waals surface area (Å²) in [5, 5.41) is 0. The highest BCUT2D eigenvalue weighted by atomic mass is 16.5. The number of anilines is 1. The van der Waals surface area contributed by atoms with Gasteiger partial charge in [0, 0.05) is 23.7 Å². The number of fused-ring (bicyclic) bond motifs is 1. The number of para-hydroxylation sites is 1. The van der Waals surface area contributed by atoms with Gasteiger partial charge < -0.3 is 4.74 Å². The third kappa shape index (κ3) is 2.99. The fraction of sp³-hybridized carbons (Fsp3) is 0.412. The molecule has 0 bridgehead atoms. The van der Waals surface area contributed by atoms with Crippen molar-refractivity contribution in [1.82, 2.24) is 0 Å². The van der Waals surface area contributed by atoms with Gasteiger partial charge in [0.05, 0.1) is 12.2 Å². The van der Waals surface area contributed by atoms with Crippen LogP contribution in [-0.2, 0) is 4.74 Å². The lowest BCUT2D eigenvalue weighted by atomic mass is 10.0. The molecule has 2 aliphatic heterocycles. The lowest BCUT2D eigenvalue weighted by Crippen LogP contribution is -2.26. The maximum absolute atomic E-state index is 5.61. The van der Waals surface area contributed by atoms with E-state index >= 15 is 0 Å². The molecule has 0 fully saturated rings. The first-order valence-corrected chi connectivity index (χ1v) is 7.69. The van der Waals surface area contributed by atoms with Gasteiger partial charge in [0.25, 0.3) is 6.02 Å². The molecule has 0 unspecified atom stereocenters. The predicted molar refractivity (Wildman–Crippen MR) is 87.0 cm³/mol. The van der Waals surface area contributed by atoms with Crippen molar-refractivity contribution < 1.29 is 4.74 Å². The monoisotopic (exact) mass is 283 g/mol. The van der Waals surface area contributed by atoms with Crippen LogP contribution in [0.25, 0.3) is 0 Å². The Morgan fingerprint density at radius 2 is 2.14 bits per heavy atom. The zero-order chi connectivity index (χ0) is 14.5. The summed E-state index contributed by atoms with van der Waals surface area (Å²) in [7, 11) is 0. The second-order valence-electron chi connectivity index (χ2n) is 5.23. The van der Waals surface area contributed by atoms with E-state index in [4.69, 9.17) is 4.74 Å². The molecule has 0 amide bonds. The normalized spacial score (nSPS) is 16.9. The molecule has 1 aromatic carbocycles. The number of hydrogen-bond acceptors (Lipinski definition) is 4. The molecule has 0 saturated carbocycles. The first kappa shape index (κ1) is 13.9. The number of rotatable bonds is 4. The van der Waals surface area contributed by atoms with Crippen molar-refractivity contribution in [3.63, 3.8) is 0 Å². The van der Waals surface area contributed by atoms with E-state index in [0.717, 1.165) is 24.4 Å². The molecule has 0 spiro atoms. The largest absolute Gasteiger partial charge is 0.463 e. The fourth-order valence-electron chi connectivity index (χ4n) is 2.65. The Kier molecular flexibility index (Phi) is 4.34. The average molecular weight is 283 g/mol. The Bertz CT molecular complexity index is 589. The van der Waals surface area contributed by atoms with Gasteiger partial charge in [-0.2, -0.15) is 0 Å². The summed E-state index contributed by atoms with van der Waals surface area (Å²) < 4.78 is 5.61. The number of unbranched alkanes of at least 4 members (excludes halogenated alkanes) is 2. The second-order valence-corrected chi connectivity index (χ2v) is 5.23. The van der Waals surface area contributed by atoms with Gasteiger partial charge in [0.2, 0.25) is 0 Å². The lowest BCUT2D eigenvalue weighted by Gasteiger charge is -2.20. The van der Waals surface area contributed by atoms with Crippen LogP contribution in [0.5, 0.6) is 0 Å². The van der Waals surface area contributed by atoms with Crippen molar-refractivity contribution in [1.29, 1.82) is 0 Å². The summed E-state index contributed by atoms with van der Waals surface area (Å²) in [6, 6.07) is 9.02. The van der Waals surface area contributed by atoms with Crippen LogP contribution in [-0.4, -0.2) is 24.9 Å². The van der Waals surface area contributed by atoms with Crippen LogP contribution in [0.4, 0.5) is 5.69 Å². The zero-order valence-corrected chi connectivity index (χ0v) is 12.5. The Morgan fingerprint density at radius 1 is 1.24 bits per heavy atom. The summed E-state index contributed by atoms with van der Waals surface area (Å²) in [6.45, 7) is 3.61. The number of amidine groups is 1. The summed E-state index contributed by atoms with van der Waals surface area (Å²) in [5.74, 6) is 0. The van der Waals surface area contributed by atoms with Crippen LogP contribution < -0.4 is 4.90 Å². The van der Waals surface area contributed by atoms with E-state index in [2.05, 4.69) is 35.1 Å². The van der Waals surface area contributed by atoms with Gasteiger partial charge in [-0.05, 0) is 18.9 Å². The number of aliphatic imine (C=N–C) groups is 2. The maximum atomic E-state index is 5.61. The number of nitrogens with zero attached hydrogens (tertiary/aromatic N) is 3. The summed E-state index contributed by atoms with van der Waals surface area (Å²) in [4.78, 5) is 11.1. The van der Waals surface area contributed by atoms with Crippen molar-refractivity contribution >= 4 is 17.4 Å². The topological polar surface area (TPSA) is 37.2 Å². The van der Waals surface area contributed by atoms with E-state index in [1.54, 1.807) is 0 Å². The molecule has 4 nitrogen and oxygen atoms in total. The molecule has 0 N–H and O–H groups in total. The Morgan fingerprint density at radius 3 is 2.95 bits per heavy atom. The van der Waals surface area contributed by atoms with Crippen molar-refractivity contribution in [2.45, 2.75) is 32.6 Å². The molecule has 21 heavy (non-hydrogen) atoms. The smallest absolute Gasteiger partial charge is 0.296 e. The van der Waals surface area contributed by atoms with Crippen molar-refractivity contribution in [2.24, 2.45) is 9.98 Å². The van der Waals surface area contributed by atoms with Gasteiger partial charge in [-0.15, -0.1) is 0 Å². The van der Waals surface area contributed by atoms with E-state index in [1.165, 1.54) is 24.8 Å². The van der Waals surface area contributed by atoms with Gasteiger partial charge in [-0.25, -0.2) is 4.99 Å². The molecular formula is C17H21N3O. The van der Waals surface area contributed by atoms with Crippen LogP contribution in [0.1, 0.15) is 38.2 Å². The Labute approximate surface area is 125 Å². The van der Waals surface area contributed by atoms with E-state index in [-0.39, 0.29) is 0 Å². The van der Waals surface area contributed by atoms with Gasteiger partial charge >= 0.3 is 0 Å². The molecule has 2 heterocycles. The molecule has 3 rings (SSSR count). The molecule has 0 radical (unpaired) electrons. The molecule has 0 atom stereocenters.